The number of esters is 1. The predicted octanol–water partition coefficient (Wildman–Crippen LogP) is 1.56. The van der Waals surface area contributed by atoms with E-state index < -0.39 is 0 Å². The molecule has 0 saturated carbocycles. The van der Waals surface area contributed by atoms with Gasteiger partial charge in [-0.2, -0.15) is 0 Å². The molecule has 0 amide bonds. The first kappa shape index (κ1) is 10.0. The summed E-state index contributed by atoms with van der Waals surface area (Å²) in [4.78, 5) is 10.5. The molecule has 0 rings (SSSR count). The van der Waals surface area contributed by atoms with Crippen molar-refractivity contribution in [1.29, 1.82) is 0 Å². The highest BCUT2D eigenvalue weighted by molar-refractivity contribution is 5.69. The number of methoxy groups -OCH3 is 1. The van der Waals surface area contributed by atoms with Crippen LogP contribution in [0.25, 0.3) is 0 Å². The van der Waals surface area contributed by atoms with Crippen LogP contribution in [0.15, 0.2) is 0 Å². The largest absolute Gasteiger partial charge is 0.469 e. The van der Waals surface area contributed by atoms with Gasteiger partial charge in [-0.15, -0.1) is 11.8 Å². The molecule has 11 heavy (non-hydrogen) atoms. The highest BCUT2D eigenvalue weighted by atomic mass is 16.5. The quantitative estimate of drug-likeness (QED) is 0.454. The standard InChI is InChI=1S/C9H13O2/c1-3-4-5-6-7-8-9(10)11-2/h1,3-4,7-8H2,2H3. The zero-order valence-electron chi connectivity index (χ0n) is 6.85. The highest BCUT2D eigenvalue weighted by Gasteiger charge is 1.94. The zero-order valence-corrected chi connectivity index (χ0v) is 6.85. The first-order valence-corrected chi connectivity index (χ1v) is 3.63. The Labute approximate surface area is 67.9 Å². The van der Waals surface area contributed by atoms with E-state index in [0.29, 0.717) is 12.8 Å². The Morgan fingerprint density at radius 1 is 1.45 bits per heavy atom. The van der Waals surface area contributed by atoms with Gasteiger partial charge in [0.1, 0.15) is 0 Å². The molecule has 2 heteroatoms. The Balaban J connectivity index is 3.28. The molecule has 61 valence electrons. The normalized spacial score (nSPS) is 8.18. The van der Waals surface area contributed by atoms with Crippen LogP contribution in [-0.4, -0.2) is 13.1 Å². The van der Waals surface area contributed by atoms with Crippen molar-refractivity contribution in [3.63, 3.8) is 0 Å². The summed E-state index contributed by atoms with van der Waals surface area (Å²) in [5, 5.41) is 0. The van der Waals surface area contributed by atoms with Gasteiger partial charge in [0.05, 0.1) is 13.5 Å². The molecule has 0 unspecified atom stereocenters. The molecule has 0 fully saturated rings. The van der Waals surface area contributed by atoms with Gasteiger partial charge in [0.15, 0.2) is 0 Å². The van der Waals surface area contributed by atoms with Crippen LogP contribution in [0.5, 0.6) is 0 Å². The summed E-state index contributed by atoms with van der Waals surface area (Å²) in [5.74, 6) is 5.55. The lowest BCUT2D eigenvalue weighted by atomic mass is 10.3. The van der Waals surface area contributed by atoms with E-state index in [-0.39, 0.29) is 5.97 Å². The molecule has 0 atom stereocenters. The summed E-state index contributed by atoms with van der Waals surface area (Å²) in [6, 6.07) is 0. The molecule has 1 radical (unpaired) electrons. The molecule has 0 saturated heterocycles. The number of rotatable bonds is 3. The lowest BCUT2D eigenvalue weighted by molar-refractivity contribution is -0.140. The summed E-state index contributed by atoms with van der Waals surface area (Å²) in [6.45, 7) is 3.64. The van der Waals surface area contributed by atoms with Crippen molar-refractivity contribution in [1.82, 2.24) is 0 Å². The molecular formula is C9H13O2. The lowest BCUT2D eigenvalue weighted by Crippen LogP contribution is -1.98. The van der Waals surface area contributed by atoms with Crippen LogP contribution in [0.3, 0.4) is 0 Å². The number of hydrogen-bond acceptors (Lipinski definition) is 2. The molecular weight excluding hydrogens is 140 g/mol. The fraction of sp³-hybridized carbons (Fsp3) is 0.556. The van der Waals surface area contributed by atoms with E-state index in [9.17, 15) is 4.79 Å². The molecule has 0 aromatic heterocycles. The van der Waals surface area contributed by atoms with E-state index >= 15 is 0 Å². The Kier molecular flexibility index (Phi) is 6.51. The van der Waals surface area contributed by atoms with Crippen molar-refractivity contribution in [2.75, 3.05) is 7.11 Å². The van der Waals surface area contributed by atoms with E-state index in [2.05, 4.69) is 23.5 Å². The molecule has 0 spiro atoms. The van der Waals surface area contributed by atoms with Gasteiger partial charge >= 0.3 is 5.97 Å². The SMILES string of the molecule is [CH2]CCC#CCCC(=O)OC. The summed E-state index contributed by atoms with van der Waals surface area (Å²) in [6.07, 6.45) is 2.61. The van der Waals surface area contributed by atoms with Crippen molar-refractivity contribution in [2.45, 2.75) is 25.7 Å². The number of carbonyl (C=O) groups is 1. The van der Waals surface area contributed by atoms with Gasteiger partial charge in [-0.1, -0.05) is 6.92 Å². The van der Waals surface area contributed by atoms with Crippen molar-refractivity contribution in [3.8, 4) is 11.8 Å². The summed E-state index contributed by atoms with van der Waals surface area (Å²) >= 11 is 0. The Morgan fingerprint density at radius 2 is 2.09 bits per heavy atom. The van der Waals surface area contributed by atoms with Gasteiger partial charge in [-0.05, 0) is 6.42 Å². The average molecular weight is 153 g/mol. The van der Waals surface area contributed by atoms with Crippen LogP contribution in [0.1, 0.15) is 25.7 Å². The molecule has 0 N–H and O–H groups in total. The van der Waals surface area contributed by atoms with Gasteiger partial charge in [0.2, 0.25) is 0 Å². The molecule has 0 aliphatic heterocycles. The van der Waals surface area contributed by atoms with Crippen molar-refractivity contribution < 1.29 is 9.53 Å². The second-order valence-electron chi connectivity index (χ2n) is 2.03. The summed E-state index contributed by atoms with van der Waals surface area (Å²) in [7, 11) is 1.38. The van der Waals surface area contributed by atoms with E-state index in [1.807, 2.05) is 0 Å². The highest BCUT2D eigenvalue weighted by Crippen LogP contribution is 1.90. The van der Waals surface area contributed by atoms with Gasteiger partial charge < -0.3 is 4.74 Å². The molecule has 2 nitrogen and oxygen atoms in total. The minimum atomic E-state index is -0.200. The first-order valence-electron chi connectivity index (χ1n) is 3.63. The van der Waals surface area contributed by atoms with E-state index in [1.165, 1.54) is 7.11 Å². The smallest absolute Gasteiger partial charge is 0.306 e. The number of ether oxygens (including phenoxy) is 1. The van der Waals surface area contributed by atoms with Crippen LogP contribution in [-0.2, 0) is 9.53 Å². The number of hydrogen-bond donors (Lipinski definition) is 0. The molecule has 0 aliphatic carbocycles. The molecule has 0 heterocycles. The second-order valence-corrected chi connectivity index (χ2v) is 2.03. The second kappa shape index (κ2) is 7.14. The van der Waals surface area contributed by atoms with Crippen LogP contribution in [0.4, 0.5) is 0 Å². The maximum absolute atomic E-state index is 10.5. The van der Waals surface area contributed by atoms with E-state index in [1.54, 1.807) is 0 Å². The third kappa shape index (κ3) is 6.92. The van der Waals surface area contributed by atoms with Gasteiger partial charge in [0.25, 0.3) is 0 Å². The minimum absolute atomic E-state index is 0.200. The zero-order chi connectivity index (χ0) is 8.53. The predicted molar refractivity (Wildman–Crippen MR) is 43.6 cm³/mol. The monoisotopic (exact) mass is 153 g/mol. The number of carbonyl (C=O) groups excluding carboxylic acids is 1. The maximum atomic E-state index is 10.5. The molecule has 0 bridgehead atoms. The van der Waals surface area contributed by atoms with E-state index in [4.69, 9.17) is 0 Å². The van der Waals surface area contributed by atoms with Gasteiger partial charge in [-0.25, -0.2) is 0 Å². The molecule has 0 aromatic rings. The summed E-state index contributed by atoms with van der Waals surface area (Å²) in [5.41, 5.74) is 0. The third-order valence-corrected chi connectivity index (χ3v) is 1.11. The van der Waals surface area contributed by atoms with Crippen LogP contribution >= 0.6 is 0 Å². The topological polar surface area (TPSA) is 26.3 Å². The molecule has 0 aliphatic rings. The molecule has 0 aromatic carbocycles. The lowest BCUT2D eigenvalue weighted by Gasteiger charge is -1.91. The van der Waals surface area contributed by atoms with Crippen molar-refractivity contribution in [2.24, 2.45) is 0 Å². The average Bonchev–Trinajstić information content (AvgIpc) is 2.04. The minimum Gasteiger partial charge on any atom is -0.469 e. The fourth-order valence-electron chi connectivity index (χ4n) is 0.532. The Hall–Kier alpha value is -0.970. The third-order valence-electron chi connectivity index (χ3n) is 1.11. The van der Waals surface area contributed by atoms with Crippen LogP contribution in [0.2, 0.25) is 0 Å². The van der Waals surface area contributed by atoms with Crippen LogP contribution < -0.4 is 0 Å². The van der Waals surface area contributed by atoms with E-state index in [0.717, 1.165) is 12.8 Å². The first-order chi connectivity index (χ1) is 5.31. The van der Waals surface area contributed by atoms with Crippen molar-refractivity contribution in [3.05, 3.63) is 6.92 Å². The van der Waals surface area contributed by atoms with Gasteiger partial charge in [-0.3, -0.25) is 4.79 Å². The van der Waals surface area contributed by atoms with Crippen LogP contribution in [0, 0.1) is 18.8 Å². The maximum Gasteiger partial charge on any atom is 0.306 e. The fourth-order valence-corrected chi connectivity index (χ4v) is 0.532. The Morgan fingerprint density at radius 3 is 2.64 bits per heavy atom. The van der Waals surface area contributed by atoms with Gasteiger partial charge in [0, 0.05) is 12.8 Å². The Bertz CT molecular complexity index is 162. The summed E-state index contributed by atoms with van der Waals surface area (Å²) < 4.78 is 4.44. The van der Waals surface area contributed by atoms with Crippen molar-refractivity contribution >= 4 is 5.97 Å². The number of unbranched alkanes of at least 4 members (excludes halogenated alkanes) is 1.